The quantitative estimate of drug-likeness (QED) is 0.132. The fourth-order valence-electron chi connectivity index (χ4n) is 8.41. The highest BCUT2D eigenvalue weighted by molar-refractivity contribution is 6.02. The highest BCUT2D eigenvalue weighted by atomic mass is 19.4. The van der Waals surface area contributed by atoms with Crippen molar-refractivity contribution in [3.05, 3.63) is 142 Å². The summed E-state index contributed by atoms with van der Waals surface area (Å²) < 4.78 is 141. The lowest BCUT2D eigenvalue weighted by Gasteiger charge is -2.30. The zero-order valence-electron chi connectivity index (χ0n) is 41.1. The van der Waals surface area contributed by atoms with Crippen LogP contribution in [0.1, 0.15) is 70.2 Å². The molecular weight excluding hydrogens is 1020 g/mol. The Labute approximate surface area is 425 Å². The Morgan fingerprint density at radius 1 is 0.671 bits per heavy atom. The Bertz CT molecular complexity index is 3560. The van der Waals surface area contributed by atoms with Crippen molar-refractivity contribution in [1.29, 1.82) is 0 Å². The Morgan fingerprint density at radius 3 is 1.53 bits per heavy atom. The molecule has 16 nitrogen and oxygen atoms in total. The predicted molar refractivity (Wildman–Crippen MR) is 258 cm³/mol. The molecule has 1 aliphatic heterocycles. The number of rotatable bonds is 9. The van der Waals surface area contributed by atoms with Gasteiger partial charge >= 0.3 is 12.4 Å². The van der Waals surface area contributed by atoms with Gasteiger partial charge in [-0.1, -0.05) is 26.0 Å². The monoisotopic (exact) mass is 1070 g/mol. The van der Waals surface area contributed by atoms with Crippen molar-refractivity contribution >= 4 is 68.4 Å². The molecule has 0 aliphatic carbocycles. The van der Waals surface area contributed by atoms with E-state index < -0.39 is 107 Å². The lowest BCUT2D eigenvalue weighted by Crippen LogP contribution is -2.47. The van der Waals surface area contributed by atoms with Crippen LogP contribution in [0.4, 0.5) is 55.5 Å². The molecule has 400 valence electrons. The van der Waals surface area contributed by atoms with Gasteiger partial charge in [0.1, 0.15) is 58.0 Å². The topological polar surface area (TPSA) is 194 Å². The van der Waals surface area contributed by atoms with E-state index in [0.717, 1.165) is 34.1 Å². The number of halogens is 10. The summed E-state index contributed by atoms with van der Waals surface area (Å²) in [6.45, 7) is 4.51. The molecule has 0 radical (unpaired) electrons. The molecule has 8 aromatic rings. The molecule has 0 saturated carbocycles. The molecule has 5 heterocycles. The number of nitrogens with two attached hydrogens (primary N) is 2. The van der Waals surface area contributed by atoms with E-state index >= 15 is 8.78 Å². The Morgan fingerprint density at radius 2 is 1.12 bits per heavy atom. The number of carbonyl (C=O) groups is 4. The number of amides is 4. The normalized spacial score (nSPS) is 14.1. The van der Waals surface area contributed by atoms with Gasteiger partial charge in [0.15, 0.2) is 0 Å². The number of nitrogens with zero attached hydrogens (tertiary/aromatic N) is 10. The van der Waals surface area contributed by atoms with Crippen molar-refractivity contribution in [2.75, 3.05) is 39.2 Å². The van der Waals surface area contributed by atoms with Gasteiger partial charge in [0.25, 0.3) is 11.8 Å². The first-order valence-corrected chi connectivity index (χ1v) is 23.0. The summed E-state index contributed by atoms with van der Waals surface area (Å²) in [7, 11) is 4.39. The summed E-state index contributed by atoms with van der Waals surface area (Å²) in [4.78, 5) is 73.5. The number of aromatic nitrogens is 6. The smallest absolute Gasteiger partial charge is 0.382 e. The number of fused-ring (bicyclic) bond motifs is 6. The van der Waals surface area contributed by atoms with Crippen molar-refractivity contribution in [3.63, 3.8) is 0 Å². The summed E-state index contributed by atoms with van der Waals surface area (Å²) >= 11 is 0. The number of likely N-dealkylation sites (N-methyl/N-ethyl adjacent to an activating group) is 2. The van der Waals surface area contributed by atoms with E-state index in [1.54, 1.807) is 0 Å². The first kappa shape index (κ1) is 55.2. The van der Waals surface area contributed by atoms with Crippen LogP contribution in [0.15, 0.2) is 85.7 Å². The zero-order valence-corrected chi connectivity index (χ0v) is 41.1. The number of hydrogen-bond donors (Lipinski definition) is 2. The van der Waals surface area contributed by atoms with Gasteiger partial charge in [-0.3, -0.25) is 28.0 Å². The molecule has 2 atom stereocenters. The predicted octanol–water partition coefficient (Wildman–Crippen LogP) is 8.54. The Hall–Kier alpha value is -8.58. The van der Waals surface area contributed by atoms with Gasteiger partial charge in [0.2, 0.25) is 11.8 Å². The van der Waals surface area contributed by atoms with Crippen LogP contribution in [-0.2, 0) is 35.0 Å². The molecule has 1 fully saturated rings. The molecule has 0 unspecified atom stereocenters. The van der Waals surface area contributed by atoms with Crippen LogP contribution in [0.3, 0.4) is 0 Å². The number of imidazole rings is 2. The highest BCUT2D eigenvalue weighted by Crippen LogP contribution is 2.34. The largest absolute Gasteiger partial charge is 0.416 e. The van der Waals surface area contributed by atoms with Crippen molar-refractivity contribution < 1.29 is 63.1 Å². The van der Waals surface area contributed by atoms with Crippen molar-refractivity contribution in [2.24, 2.45) is 0 Å². The second-order valence-corrected chi connectivity index (χ2v) is 17.4. The molecular formula is C50H46F10N12O4. The molecule has 9 rings (SSSR count). The SMILES string of the molecule is CC.CN1CC[C@@H](N(Cc2ccc(C(F)(F)F)cc2F)C(=O)c2cc3c(cc2F)nc(N)c2cncn23)C1=O.C[C@H](C(=O)N(C)C)N(Cc1ccc(C(F)(F)F)cc1F)C(=O)c1cc2c(cc1F)nc(N)c1cncn12. The average molecular weight is 1070 g/mol. The third-order valence-electron chi connectivity index (χ3n) is 12.4. The van der Waals surface area contributed by atoms with E-state index in [0.29, 0.717) is 52.9 Å². The molecule has 4 amide bonds. The maximum absolute atomic E-state index is 15.2. The molecule has 0 spiro atoms. The van der Waals surface area contributed by atoms with E-state index in [1.165, 1.54) is 83.8 Å². The van der Waals surface area contributed by atoms with E-state index in [2.05, 4.69) is 19.9 Å². The fourth-order valence-corrected chi connectivity index (χ4v) is 8.41. The number of likely N-dealkylation sites (tertiary alicyclic amines) is 1. The van der Waals surface area contributed by atoms with Crippen molar-refractivity contribution in [1.82, 2.24) is 48.3 Å². The van der Waals surface area contributed by atoms with Crippen LogP contribution in [0, 0.1) is 23.3 Å². The molecule has 1 aliphatic rings. The maximum Gasteiger partial charge on any atom is 0.416 e. The third-order valence-corrected chi connectivity index (χ3v) is 12.4. The fraction of sp³-hybridized carbons (Fsp3) is 0.280. The zero-order chi connectivity index (χ0) is 55.9. The minimum absolute atomic E-state index is 0.0908. The maximum atomic E-state index is 15.2. The summed E-state index contributed by atoms with van der Waals surface area (Å²) in [5.41, 5.74) is 9.67. The van der Waals surface area contributed by atoms with Crippen molar-refractivity contribution in [2.45, 2.75) is 64.7 Å². The molecule has 1 saturated heterocycles. The number of anilines is 2. The number of carbonyl (C=O) groups excluding carboxylic acids is 4. The summed E-state index contributed by atoms with van der Waals surface area (Å²) in [6, 6.07) is 5.93. The lowest BCUT2D eigenvalue weighted by atomic mass is 10.1. The van der Waals surface area contributed by atoms with Gasteiger partial charge < -0.3 is 31.1 Å². The lowest BCUT2D eigenvalue weighted by molar-refractivity contribution is -0.138. The minimum atomic E-state index is -4.77. The van der Waals surface area contributed by atoms with Crippen LogP contribution in [0.5, 0.6) is 0 Å². The average Bonchev–Trinajstić information content (AvgIpc) is 4.15. The third kappa shape index (κ3) is 10.8. The molecule has 4 aromatic carbocycles. The van der Waals surface area contributed by atoms with Gasteiger partial charge in [0.05, 0.1) is 69.4 Å². The first-order valence-electron chi connectivity index (χ1n) is 23.0. The van der Waals surface area contributed by atoms with Crippen molar-refractivity contribution in [3.8, 4) is 0 Å². The summed E-state index contributed by atoms with van der Waals surface area (Å²) in [5.74, 6) is -7.10. The van der Waals surface area contributed by atoms with Crippen LogP contribution in [0.2, 0.25) is 0 Å². The van der Waals surface area contributed by atoms with E-state index in [1.807, 2.05) is 13.8 Å². The second kappa shape index (κ2) is 21.3. The molecule has 76 heavy (non-hydrogen) atoms. The molecule has 26 heteroatoms. The van der Waals surface area contributed by atoms with E-state index in [-0.39, 0.29) is 40.2 Å². The van der Waals surface area contributed by atoms with Gasteiger partial charge in [-0.05, 0) is 49.7 Å². The number of nitrogen functional groups attached to an aromatic ring is 2. The van der Waals surface area contributed by atoms with Gasteiger partial charge in [-0.2, -0.15) is 26.3 Å². The molecule has 4 N–H and O–H groups in total. The summed E-state index contributed by atoms with van der Waals surface area (Å²) in [6.07, 6.45) is -3.66. The number of hydrogen-bond acceptors (Lipinski definition) is 10. The Balaban J connectivity index is 0.000000214. The summed E-state index contributed by atoms with van der Waals surface area (Å²) in [5, 5.41) is 0. The van der Waals surface area contributed by atoms with Gasteiger partial charge in [0, 0.05) is 64.0 Å². The van der Waals surface area contributed by atoms with E-state index in [9.17, 15) is 54.3 Å². The van der Waals surface area contributed by atoms with Gasteiger partial charge in [-0.15, -0.1) is 0 Å². The number of benzene rings is 4. The van der Waals surface area contributed by atoms with Crippen LogP contribution in [-0.4, -0.2) is 112 Å². The van der Waals surface area contributed by atoms with Gasteiger partial charge in [-0.25, -0.2) is 37.5 Å². The molecule has 0 bridgehead atoms. The highest BCUT2D eigenvalue weighted by Gasteiger charge is 2.39. The minimum Gasteiger partial charge on any atom is -0.382 e. The second-order valence-electron chi connectivity index (χ2n) is 17.4. The van der Waals surface area contributed by atoms with Crippen LogP contribution in [0.25, 0.3) is 33.1 Å². The van der Waals surface area contributed by atoms with Crippen LogP contribution < -0.4 is 11.5 Å². The Kier molecular flexibility index (Phi) is 15.5. The van der Waals surface area contributed by atoms with E-state index in [4.69, 9.17) is 11.5 Å². The number of alkyl halides is 6. The standard InChI is InChI=1S/C24H19F5N6O2.C24H21F5N6O2.C2H6/c1-33-5-4-18(23(33)37)34(10-12-2-3-13(6-15(12)25)24(27,28)29)22(36)14-7-19-17(8-16(14)26)32-21(30)20-9-31-11-35(19)20;1-12(22(36)33(2)3)34(10-13-4-5-14(6-16(13)25)24(27,28)29)23(37)15-7-19-18(8-17(15)26)32-21(30)20-9-31-11-35(19)20;1-2/h2-3,6-9,11,18H,4-5,10H2,1H3,(H2,30,32);4-9,11-12H,10H2,1-3H3,(H2,30,32);1-2H3/t18-;12-;/m11./s1. The first-order chi connectivity index (χ1) is 35.7. The van der Waals surface area contributed by atoms with Crippen LogP contribution >= 0.6 is 0 Å². The molecule has 4 aromatic heterocycles.